The lowest BCUT2D eigenvalue weighted by Gasteiger charge is -2.16. The lowest BCUT2D eigenvalue weighted by atomic mass is 10.2. The molecule has 9 heteroatoms. The molecule has 28 heavy (non-hydrogen) atoms. The van der Waals surface area contributed by atoms with E-state index in [1.165, 1.54) is 23.1 Å². The SMILES string of the molecule is O=C(CN1C(=O)/C(=C/c2cccc(Br)c2)SC1=S)Nc1ccccc1C(=O)[O-]. The fourth-order valence-electron chi connectivity index (χ4n) is 2.49. The highest BCUT2D eigenvalue weighted by Gasteiger charge is 2.33. The van der Waals surface area contributed by atoms with E-state index in [0.29, 0.717) is 4.91 Å². The van der Waals surface area contributed by atoms with Crippen LogP contribution in [0, 0.1) is 0 Å². The molecule has 0 aliphatic carbocycles. The van der Waals surface area contributed by atoms with E-state index in [9.17, 15) is 19.5 Å². The Morgan fingerprint density at radius 3 is 2.68 bits per heavy atom. The zero-order valence-corrected chi connectivity index (χ0v) is 17.4. The molecular formula is C19H12BrN2O4S2-. The quantitative estimate of drug-likeness (QED) is 0.528. The summed E-state index contributed by atoms with van der Waals surface area (Å²) in [5.41, 5.74) is 0.778. The number of thioether (sulfide) groups is 1. The summed E-state index contributed by atoms with van der Waals surface area (Å²) in [7, 11) is 0. The monoisotopic (exact) mass is 475 g/mol. The van der Waals surface area contributed by atoms with Gasteiger partial charge in [-0.05, 0) is 29.8 Å². The maximum atomic E-state index is 12.6. The summed E-state index contributed by atoms with van der Waals surface area (Å²) in [5.74, 6) is -2.34. The van der Waals surface area contributed by atoms with Gasteiger partial charge < -0.3 is 15.2 Å². The number of hydrogen-bond acceptors (Lipinski definition) is 6. The Labute approximate surface area is 178 Å². The van der Waals surface area contributed by atoms with Gasteiger partial charge in [-0.2, -0.15) is 0 Å². The van der Waals surface area contributed by atoms with Gasteiger partial charge in [0.25, 0.3) is 5.91 Å². The summed E-state index contributed by atoms with van der Waals surface area (Å²) in [4.78, 5) is 37.7. The van der Waals surface area contributed by atoms with Crippen LogP contribution in [0.15, 0.2) is 57.9 Å². The van der Waals surface area contributed by atoms with Gasteiger partial charge in [-0.3, -0.25) is 14.5 Å². The second-order valence-corrected chi connectivity index (χ2v) is 8.30. The number of carboxylic acids is 1. The molecule has 0 atom stereocenters. The van der Waals surface area contributed by atoms with Crippen molar-refractivity contribution in [1.29, 1.82) is 0 Å². The number of aromatic carboxylic acids is 1. The first-order chi connectivity index (χ1) is 13.3. The van der Waals surface area contributed by atoms with Crippen molar-refractivity contribution in [2.45, 2.75) is 0 Å². The summed E-state index contributed by atoms with van der Waals surface area (Å²) in [5, 5.41) is 13.6. The van der Waals surface area contributed by atoms with Crippen LogP contribution in [-0.2, 0) is 9.59 Å². The van der Waals surface area contributed by atoms with Crippen molar-refractivity contribution in [3.63, 3.8) is 0 Å². The Kier molecular flexibility index (Phi) is 6.28. The van der Waals surface area contributed by atoms with Crippen LogP contribution in [0.3, 0.4) is 0 Å². The molecule has 2 aromatic rings. The van der Waals surface area contributed by atoms with Crippen molar-refractivity contribution in [3.05, 3.63) is 69.0 Å². The standard InChI is InChI=1S/C19H13BrN2O4S2/c20-12-5-3-4-11(8-12)9-15-17(24)22(19(27)28-15)10-16(23)21-14-7-2-1-6-13(14)18(25)26/h1-9H,10H2,(H,21,23)(H,25,26)/p-1/b15-9-. The fourth-order valence-corrected chi connectivity index (χ4v) is 4.16. The Balaban J connectivity index is 1.73. The van der Waals surface area contributed by atoms with E-state index < -0.39 is 11.9 Å². The van der Waals surface area contributed by atoms with Crippen LogP contribution in [0.25, 0.3) is 6.08 Å². The van der Waals surface area contributed by atoms with Crippen molar-refractivity contribution in [2.75, 3.05) is 11.9 Å². The van der Waals surface area contributed by atoms with Crippen molar-refractivity contribution >= 4 is 73.8 Å². The number of amides is 2. The predicted octanol–water partition coefficient (Wildman–Crippen LogP) is 2.65. The second kappa shape index (κ2) is 8.68. The largest absolute Gasteiger partial charge is 0.545 e. The van der Waals surface area contributed by atoms with Gasteiger partial charge >= 0.3 is 0 Å². The number of carboxylic acid groups (broad SMARTS) is 1. The van der Waals surface area contributed by atoms with Crippen molar-refractivity contribution in [1.82, 2.24) is 4.90 Å². The van der Waals surface area contributed by atoms with Crippen LogP contribution in [0.1, 0.15) is 15.9 Å². The number of carbonyl (C=O) groups is 3. The van der Waals surface area contributed by atoms with Gasteiger partial charge in [-0.1, -0.05) is 70.2 Å². The minimum absolute atomic E-state index is 0.0996. The number of nitrogens with one attached hydrogen (secondary N) is 1. The minimum Gasteiger partial charge on any atom is -0.545 e. The lowest BCUT2D eigenvalue weighted by molar-refractivity contribution is -0.254. The summed E-state index contributed by atoms with van der Waals surface area (Å²) >= 11 is 9.70. The summed E-state index contributed by atoms with van der Waals surface area (Å²) in [6, 6.07) is 13.3. The Hall–Kier alpha value is -2.49. The summed E-state index contributed by atoms with van der Waals surface area (Å²) in [6.07, 6.45) is 1.70. The van der Waals surface area contributed by atoms with Crippen LogP contribution in [-0.4, -0.2) is 33.5 Å². The van der Waals surface area contributed by atoms with Gasteiger partial charge in [0.2, 0.25) is 5.91 Å². The van der Waals surface area contributed by atoms with Gasteiger partial charge in [0.1, 0.15) is 10.9 Å². The molecule has 2 aromatic carbocycles. The predicted molar refractivity (Wildman–Crippen MR) is 113 cm³/mol. The van der Waals surface area contributed by atoms with Crippen LogP contribution >= 0.6 is 39.9 Å². The number of benzene rings is 2. The van der Waals surface area contributed by atoms with Crippen molar-refractivity contribution < 1.29 is 19.5 Å². The molecule has 0 unspecified atom stereocenters. The molecule has 1 fully saturated rings. The zero-order chi connectivity index (χ0) is 20.3. The van der Waals surface area contributed by atoms with Crippen LogP contribution < -0.4 is 10.4 Å². The molecule has 0 aromatic heterocycles. The zero-order valence-electron chi connectivity index (χ0n) is 14.2. The van der Waals surface area contributed by atoms with Crippen molar-refractivity contribution in [3.8, 4) is 0 Å². The molecule has 0 bridgehead atoms. The topological polar surface area (TPSA) is 89.5 Å². The Morgan fingerprint density at radius 2 is 1.96 bits per heavy atom. The van der Waals surface area contributed by atoms with Gasteiger partial charge in [0, 0.05) is 15.7 Å². The van der Waals surface area contributed by atoms with Gasteiger partial charge in [0.05, 0.1) is 10.9 Å². The molecule has 2 amide bonds. The third kappa shape index (κ3) is 4.67. The van der Waals surface area contributed by atoms with E-state index in [1.807, 2.05) is 24.3 Å². The van der Waals surface area contributed by atoms with E-state index in [0.717, 1.165) is 21.8 Å². The van der Waals surface area contributed by atoms with E-state index >= 15 is 0 Å². The number of thiocarbonyl (C=S) groups is 1. The number of rotatable bonds is 5. The number of carbonyl (C=O) groups excluding carboxylic acids is 3. The molecule has 1 aliphatic heterocycles. The maximum Gasteiger partial charge on any atom is 0.266 e. The van der Waals surface area contributed by atoms with Crippen molar-refractivity contribution in [2.24, 2.45) is 0 Å². The first kappa shape index (κ1) is 20.2. The molecule has 142 valence electrons. The first-order valence-corrected chi connectivity index (χ1v) is 9.98. The molecule has 0 saturated carbocycles. The van der Waals surface area contributed by atoms with E-state index in [-0.39, 0.29) is 28.0 Å². The molecule has 1 N–H and O–H groups in total. The molecular weight excluding hydrogens is 464 g/mol. The smallest absolute Gasteiger partial charge is 0.266 e. The Bertz CT molecular complexity index is 1020. The number of halogens is 1. The number of anilines is 1. The summed E-state index contributed by atoms with van der Waals surface area (Å²) < 4.78 is 1.14. The maximum absolute atomic E-state index is 12.6. The second-order valence-electron chi connectivity index (χ2n) is 5.70. The number of para-hydroxylation sites is 1. The van der Waals surface area contributed by atoms with Gasteiger partial charge in [-0.15, -0.1) is 0 Å². The Morgan fingerprint density at radius 1 is 1.21 bits per heavy atom. The van der Waals surface area contributed by atoms with Crippen LogP contribution in [0.4, 0.5) is 5.69 Å². The fraction of sp³-hybridized carbons (Fsp3) is 0.0526. The highest BCUT2D eigenvalue weighted by Crippen LogP contribution is 2.32. The van der Waals surface area contributed by atoms with E-state index in [4.69, 9.17) is 12.2 Å². The van der Waals surface area contributed by atoms with Gasteiger partial charge in [-0.25, -0.2) is 0 Å². The normalized spacial score (nSPS) is 15.2. The third-order valence-electron chi connectivity index (χ3n) is 3.74. The average Bonchev–Trinajstić information content (AvgIpc) is 2.89. The molecule has 3 rings (SSSR count). The minimum atomic E-state index is -1.40. The average molecular weight is 476 g/mol. The molecule has 6 nitrogen and oxygen atoms in total. The number of nitrogens with zero attached hydrogens (tertiary/aromatic N) is 1. The molecule has 1 heterocycles. The third-order valence-corrected chi connectivity index (χ3v) is 5.61. The molecule has 0 spiro atoms. The van der Waals surface area contributed by atoms with E-state index in [2.05, 4.69) is 21.2 Å². The van der Waals surface area contributed by atoms with Crippen LogP contribution in [0.2, 0.25) is 0 Å². The lowest BCUT2D eigenvalue weighted by Crippen LogP contribution is -2.36. The number of hydrogen-bond donors (Lipinski definition) is 1. The van der Waals surface area contributed by atoms with Crippen LogP contribution in [0.5, 0.6) is 0 Å². The first-order valence-electron chi connectivity index (χ1n) is 7.96. The molecule has 1 saturated heterocycles. The van der Waals surface area contributed by atoms with Gasteiger partial charge in [0.15, 0.2) is 0 Å². The molecule has 1 aliphatic rings. The molecule has 0 radical (unpaired) electrons. The highest BCUT2D eigenvalue weighted by atomic mass is 79.9. The highest BCUT2D eigenvalue weighted by molar-refractivity contribution is 9.10. The summed E-state index contributed by atoms with van der Waals surface area (Å²) in [6.45, 7) is -0.318. The van der Waals surface area contributed by atoms with E-state index in [1.54, 1.807) is 12.1 Å².